The number of anilines is 2. The summed E-state index contributed by atoms with van der Waals surface area (Å²) in [6.45, 7) is 0. The third-order valence-electron chi connectivity index (χ3n) is 6.86. The van der Waals surface area contributed by atoms with Gasteiger partial charge in [-0.05, 0) is 63.9 Å². The van der Waals surface area contributed by atoms with Crippen molar-refractivity contribution in [1.29, 1.82) is 0 Å². The molecule has 7 rings (SSSR count). The number of nitrogens with one attached hydrogen (secondary N) is 1. The molecule has 0 fully saturated rings. The van der Waals surface area contributed by atoms with Crippen molar-refractivity contribution in [3.05, 3.63) is 133 Å². The fraction of sp³-hybridized carbons (Fsp3) is 0. The van der Waals surface area contributed by atoms with Crippen LogP contribution in [0.5, 0.6) is 0 Å². The van der Waals surface area contributed by atoms with Crippen LogP contribution < -0.4 is 5.32 Å². The number of para-hydroxylation sites is 1. The highest BCUT2D eigenvalue weighted by molar-refractivity contribution is 6.16. The van der Waals surface area contributed by atoms with Crippen LogP contribution in [0.25, 0.3) is 55.0 Å². The standard InChI is InChI=1S/C34H23NO/c1-2-9-25(10-3-1)29-20-21-31(33-30-12-6-7-13-32(30)36-34(29)33)35-28-18-16-24(17-19-28)27-15-14-23-8-4-5-11-26(23)22-27/h1-22,35H. The molecule has 0 radical (unpaired) electrons. The van der Waals surface area contributed by atoms with Crippen molar-refractivity contribution in [3.63, 3.8) is 0 Å². The summed E-state index contributed by atoms with van der Waals surface area (Å²) < 4.78 is 6.39. The second-order valence-electron chi connectivity index (χ2n) is 9.09. The molecule has 0 bridgehead atoms. The summed E-state index contributed by atoms with van der Waals surface area (Å²) >= 11 is 0. The molecule has 2 nitrogen and oxygen atoms in total. The van der Waals surface area contributed by atoms with Gasteiger partial charge in [0, 0.05) is 16.6 Å². The van der Waals surface area contributed by atoms with Crippen LogP contribution in [0.2, 0.25) is 0 Å². The number of furan rings is 1. The summed E-state index contributed by atoms with van der Waals surface area (Å²) in [6.07, 6.45) is 0. The Morgan fingerprint density at radius 2 is 1.22 bits per heavy atom. The van der Waals surface area contributed by atoms with Gasteiger partial charge < -0.3 is 9.73 Å². The molecule has 0 spiro atoms. The zero-order chi connectivity index (χ0) is 23.9. The zero-order valence-corrected chi connectivity index (χ0v) is 19.6. The van der Waals surface area contributed by atoms with Crippen molar-refractivity contribution in [2.45, 2.75) is 0 Å². The Hall–Kier alpha value is -4.82. The summed E-state index contributed by atoms with van der Waals surface area (Å²) in [7, 11) is 0. The van der Waals surface area contributed by atoms with Crippen molar-refractivity contribution in [1.82, 2.24) is 0 Å². The second kappa shape index (κ2) is 8.44. The van der Waals surface area contributed by atoms with Gasteiger partial charge in [-0.2, -0.15) is 0 Å². The van der Waals surface area contributed by atoms with Gasteiger partial charge in [0.15, 0.2) is 0 Å². The molecule has 0 aliphatic carbocycles. The lowest BCUT2D eigenvalue weighted by Crippen LogP contribution is -1.92. The Morgan fingerprint density at radius 1 is 0.500 bits per heavy atom. The Labute approximate surface area is 209 Å². The number of hydrogen-bond donors (Lipinski definition) is 1. The SMILES string of the molecule is c1ccc(-c2ccc(Nc3ccc(-c4ccc5ccccc5c4)cc3)c3c2oc2ccccc23)cc1. The molecule has 36 heavy (non-hydrogen) atoms. The summed E-state index contributed by atoms with van der Waals surface area (Å²) in [6, 6.07) is 46.7. The minimum Gasteiger partial charge on any atom is -0.455 e. The molecule has 0 amide bonds. The fourth-order valence-electron chi connectivity index (χ4n) is 5.05. The predicted octanol–water partition coefficient (Wildman–Crippen LogP) is 9.82. The van der Waals surface area contributed by atoms with E-state index in [0.29, 0.717) is 0 Å². The predicted molar refractivity (Wildman–Crippen MR) is 152 cm³/mol. The molecule has 0 aliphatic heterocycles. The van der Waals surface area contributed by atoms with Crippen molar-refractivity contribution in [2.24, 2.45) is 0 Å². The molecule has 170 valence electrons. The first kappa shape index (κ1) is 20.5. The van der Waals surface area contributed by atoms with Gasteiger partial charge >= 0.3 is 0 Å². The van der Waals surface area contributed by atoms with E-state index in [9.17, 15) is 0 Å². The van der Waals surface area contributed by atoms with Crippen LogP contribution in [0.3, 0.4) is 0 Å². The van der Waals surface area contributed by atoms with E-state index in [1.807, 2.05) is 18.2 Å². The Morgan fingerprint density at radius 3 is 2.08 bits per heavy atom. The highest BCUT2D eigenvalue weighted by Crippen LogP contribution is 2.41. The van der Waals surface area contributed by atoms with Crippen molar-refractivity contribution in [2.75, 3.05) is 5.32 Å². The van der Waals surface area contributed by atoms with Gasteiger partial charge in [-0.25, -0.2) is 0 Å². The van der Waals surface area contributed by atoms with Gasteiger partial charge in [-0.1, -0.05) is 97.1 Å². The van der Waals surface area contributed by atoms with Gasteiger partial charge in [-0.15, -0.1) is 0 Å². The van der Waals surface area contributed by atoms with Crippen LogP contribution in [-0.2, 0) is 0 Å². The number of hydrogen-bond acceptors (Lipinski definition) is 2. The van der Waals surface area contributed by atoms with E-state index in [4.69, 9.17) is 4.42 Å². The van der Waals surface area contributed by atoms with Gasteiger partial charge in [0.05, 0.1) is 11.1 Å². The first-order valence-corrected chi connectivity index (χ1v) is 12.2. The molecule has 0 saturated carbocycles. The van der Waals surface area contributed by atoms with E-state index in [2.05, 4.69) is 121 Å². The van der Waals surface area contributed by atoms with E-state index >= 15 is 0 Å². The van der Waals surface area contributed by atoms with E-state index in [-0.39, 0.29) is 0 Å². The molecule has 7 aromatic rings. The van der Waals surface area contributed by atoms with Crippen LogP contribution in [0.15, 0.2) is 138 Å². The molecule has 2 heteroatoms. The van der Waals surface area contributed by atoms with E-state index < -0.39 is 0 Å². The monoisotopic (exact) mass is 461 g/mol. The quantitative estimate of drug-likeness (QED) is 0.282. The average molecular weight is 462 g/mol. The number of benzene rings is 6. The minimum absolute atomic E-state index is 0.894. The van der Waals surface area contributed by atoms with Crippen LogP contribution in [0.1, 0.15) is 0 Å². The normalized spacial score (nSPS) is 11.3. The fourth-order valence-corrected chi connectivity index (χ4v) is 5.05. The lowest BCUT2D eigenvalue weighted by Gasteiger charge is -2.11. The molecule has 1 N–H and O–H groups in total. The van der Waals surface area contributed by atoms with E-state index in [1.165, 1.54) is 21.9 Å². The lowest BCUT2D eigenvalue weighted by atomic mass is 10.00. The van der Waals surface area contributed by atoms with E-state index in [0.717, 1.165) is 44.4 Å². The topological polar surface area (TPSA) is 25.2 Å². The molecule has 0 aliphatic rings. The summed E-state index contributed by atoms with van der Waals surface area (Å²) in [4.78, 5) is 0. The molecular weight excluding hydrogens is 438 g/mol. The summed E-state index contributed by atoms with van der Waals surface area (Å²) in [5.74, 6) is 0. The van der Waals surface area contributed by atoms with Crippen LogP contribution in [-0.4, -0.2) is 0 Å². The van der Waals surface area contributed by atoms with Crippen LogP contribution in [0, 0.1) is 0 Å². The molecule has 6 aromatic carbocycles. The molecule has 0 unspecified atom stereocenters. The van der Waals surface area contributed by atoms with Crippen LogP contribution >= 0.6 is 0 Å². The molecule has 1 heterocycles. The molecule has 1 aromatic heterocycles. The maximum absolute atomic E-state index is 6.39. The Balaban J connectivity index is 1.28. The first-order valence-electron chi connectivity index (χ1n) is 12.2. The average Bonchev–Trinajstić information content (AvgIpc) is 3.34. The van der Waals surface area contributed by atoms with Gasteiger partial charge in [0.1, 0.15) is 11.2 Å². The van der Waals surface area contributed by atoms with Gasteiger partial charge in [0.2, 0.25) is 0 Å². The van der Waals surface area contributed by atoms with Crippen molar-refractivity contribution in [3.8, 4) is 22.3 Å². The Bertz CT molecular complexity index is 1850. The van der Waals surface area contributed by atoms with E-state index in [1.54, 1.807) is 0 Å². The highest BCUT2D eigenvalue weighted by Gasteiger charge is 2.16. The Kier molecular flexibility index (Phi) is 4.82. The summed E-state index contributed by atoms with van der Waals surface area (Å²) in [5, 5.41) is 8.38. The third-order valence-corrected chi connectivity index (χ3v) is 6.86. The maximum Gasteiger partial charge on any atom is 0.145 e. The smallest absolute Gasteiger partial charge is 0.145 e. The van der Waals surface area contributed by atoms with Gasteiger partial charge in [-0.3, -0.25) is 0 Å². The van der Waals surface area contributed by atoms with Crippen molar-refractivity contribution >= 4 is 44.1 Å². The van der Waals surface area contributed by atoms with Crippen molar-refractivity contribution < 1.29 is 4.42 Å². The first-order chi connectivity index (χ1) is 17.8. The zero-order valence-electron chi connectivity index (χ0n) is 19.6. The molecule has 0 atom stereocenters. The molecular formula is C34H23NO. The number of rotatable bonds is 4. The third kappa shape index (κ3) is 3.52. The lowest BCUT2D eigenvalue weighted by molar-refractivity contribution is 0.670. The van der Waals surface area contributed by atoms with Gasteiger partial charge in [0.25, 0.3) is 0 Å². The maximum atomic E-state index is 6.39. The molecule has 0 saturated heterocycles. The largest absolute Gasteiger partial charge is 0.455 e. The van der Waals surface area contributed by atoms with Crippen LogP contribution in [0.4, 0.5) is 11.4 Å². The number of fused-ring (bicyclic) bond motifs is 4. The highest BCUT2D eigenvalue weighted by atomic mass is 16.3. The second-order valence-corrected chi connectivity index (χ2v) is 9.09. The minimum atomic E-state index is 0.894. The summed E-state index contributed by atoms with van der Waals surface area (Å²) in [5.41, 5.74) is 8.53.